The van der Waals surface area contributed by atoms with Crippen molar-refractivity contribution in [3.05, 3.63) is 118 Å². The van der Waals surface area contributed by atoms with E-state index in [9.17, 15) is 0 Å². The van der Waals surface area contributed by atoms with E-state index in [0.717, 1.165) is 24.9 Å². The van der Waals surface area contributed by atoms with Crippen LogP contribution in [0.1, 0.15) is 66.1 Å². The SMILES string of the molecule is C#Cc1ccc(CCC)c(CNC=C)c1.CC.Cc1ccc(C)c(C)c1.Cc1ccccc1. The summed E-state index contributed by atoms with van der Waals surface area (Å²) in [7, 11) is 0. The number of hydrogen-bond donors (Lipinski definition) is 1. The van der Waals surface area contributed by atoms with E-state index in [1.807, 2.05) is 38.1 Å². The molecule has 0 aliphatic carbocycles. The van der Waals surface area contributed by atoms with Gasteiger partial charge in [-0.3, -0.25) is 0 Å². The van der Waals surface area contributed by atoms with Gasteiger partial charge in [0.1, 0.15) is 0 Å². The summed E-state index contributed by atoms with van der Waals surface area (Å²) in [6, 6.07) is 23.0. The van der Waals surface area contributed by atoms with Gasteiger partial charge >= 0.3 is 0 Å². The third kappa shape index (κ3) is 13.0. The van der Waals surface area contributed by atoms with E-state index in [-0.39, 0.29) is 0 Å². The zero-order valence-electron chi connectivity index (χ0n) is 21.8. The normalized spacial score (nSPS) is 8.91. The van der Waals surface area contributed by atoms with Gasteiger partial charge in [0.2, 0.25) is 0 Å². The van der Waals surface area contributed by atoms with Crippen LogP contribution in [0.15, 0.2) is 79.5 Å². The molecule has 3 aromatic rings. The highest BCUT2D eigenvalue weighted by Crippen LogP contribution is 2.14. The summed E-state index contributed by atoms with van der Waals surface area (Å²) in [4.78, 5) is 0. The Labute approximate surface area is 204 Å². The summed E-state index contributed by atoms with van der Waals surface area (Å²) in [6.45, 7) is 19.1. The number of terminal acetylenes is 1. The molecule has 0 radical (unpaired) electrons. The first-order valence-electron chi connectivity index (χ1n) is 11.9. The Balaban J connectivity index is 0.000000483. The third-order valence-electron chi connectivity index (χ3n) is 4.93. The molecule has 1 nitrogen and oxygen atoms in total. The van der Waals surface area contributed by atoms with Crippen molar-refractivity contribution in [1.29, 1.82) is 0 Å². The lowest BCUT2D eigenvalue weighted by Gasteiger charge is -2.09. The maximum absolute atomic E-state index is 5.38. The van der Waals surface area contributed by atoms with Gasteiger partial charge in [0.05, 0.1) is 0 Å². The van der Waals surface area contributed by atoms with Crippen molar-refractivity contribution in [3.63, 3.8) is 0 Å². The van der Waals surface area contributed by atoms with Gasteiger partial charge in [0.25, 0.3) is 0 Å². The molecule has 0 heterocycles. The van der Waals surface area contributed by atoms with Crippen LogP contribution in [0.5, 0.6) is 0 Å². The molecule has 1 N–H and O–H groups in total. The van der Waals surface area contributed by atoms with Crippen molar-refractivity contribution >= 4 is 0 Å². The van der Waals surface area contributed by atoms with Gasteiger partial charge in [-0.1, -0.05) is 105 Å². The highest BCUT2D eigenvalue weighted by atomic mass is 14.8. The molecule has 0 saturated carbocycles. The van der Waals surface area contributed by atoms with Crippen LogP contribution in [0.3, 0.4) is 0 Å². The lowest BCUT2D eigenvalue weighted by Crippen LogP contribution is -2.07. The van der Waals surface area contributed by atoms with Gasteiger partial charge in [-0.2, -0.15) is 0 Å². The molecule has 0 bridgehead atoms. The first kappa shape index (κ1) is 29.8. The Bertz CT molecular complexity index is 962. The van der Waals surface area contributed by atoms with Crippen molar-refractivity contribution < 1.29 is 0 Å². The second-order valence-electron chi connectivity index (χ2n) is 7.71. The van der Waals surface area contributed by atoms with Crippen LogP contribution >= 0.6 is 0 Å². The Morgan fingerprint density at radius 3 is 1.94 bits per heavy atom. The first-order chi connectivity index (χ1) is 15.9. The van der Waals surface area contributed by atoms with Crippen LogP contribution in [0.25, 0.3) is 0 Å². The van der Waals surface area contributed by atoms with Crippen LogP contribution in [-0.2, 0) is 13.0 Å². The van der Waals surface area contributed by atoms with Crippen LogP contribution in [0.4, 0.5) is 0 Å². The summed E-state index contributed by atoms with van der Waals surface area (Å²) >= 11 is 0. The Morgan fingerprint density at radius 1 is 0.818 bits per heavy atom. The zero-order valence-corrected chi connectivity index (χ0v) is 21.8. The molecular formula is C32H43N. The molecule has 0 aromatic heterocycles. The lowest BCUT2D eigenvalue weighted by molar-refractivity contribution is 0.832. The second kappa shape index (κ2) is 18.3. The molecule has 0 fully saturated rings. The molecule has 0 aliphatic rings. The molecular weight excluding hydrogens is 398 g/mol. The first-order valence-corrected chi connectivity index (χ1v) is 11.9. The van der Waals surface area contributed by atoms with Crippen molar-refractivity contribution in [1.82, 2.24) is 5.32 Å². The fourth-order valence-electron chi connectivity index (χ4n) is 3.00. The van der Waals surface area contributed by atoms with Gasteiger partial charge in [-0.15, -0.1) is 6.42 Å². The Kier molecular flexibility index (Phi) is 16.5. The van der Waals surface area contributed by atoms with Gasteiger partial charge in [-0.25, -0.2) is 0 Å². The van der Waals surface area contributed by atoms with Crippen molar-refractivity contribution in [2.24, 2.45) is 0 Å². The molecule has 0 unspecified atom stereocenters. The molecule has 0 atom stereocenters. The second-order valence-corrected chi connectivity index (χ2v) is 7.71. The molecule has 33 heavy (non-hydrogen) atoms. The zero-order chi connectivity index (χ0) is 25.1. The number of rotatable bonds is 5. The van der Waals surface area contributed by atoms with Crippen LogP contribution in [-0.4, -0.2) is 0 Å². The molecule has 3 aromatic carbocycles. The molecule has 0 amide bonds. The summed E-state index contributed by atoms with van der Waals surface area (Å²) < 4.78 is 0. The van der Waals surface area contributed by atoms with Crippen molar-refractivity contribution in [3.8, 4) is 12.3 Å². The van der Waals surface area contributed by atoms with Crippen LogP contribution in [0, 0.1) is 40.0 Å². The summed E-state index contributed by atoms with van der Waals surface area (Å²) in [5.41, 5.74) is 9.00. The van der Waals surface area contributed by atoms with Gasteiger partial charge in [0, 0.05) is 12.1 Å². The maximum Gasteiger partial charge on any atom is 0.0398 e. The Morgan fingerprint density at radius 2 is 1.48 bits per heavy atom. The molecule has 176 valence electrons. The third-order valence-corrected chi connectivity index (χ3v) is 4.93. The number of nitrogens with one attached hydrogen (secondary N) is 1. The number of hydrogen-bond acceptors (Lipinski definition) is 1. The number of aryl methyl sites for hydroxylation is 5. The molecule has 3 rings (SSSR count). The van der Waals surface area contributed by atoms with Gasteiger partial charge < -0.3 is 5.32 Å². The van der Waals surface area contributed by atoms with Crippen molar-refractivity contribution in [2.45, 2.75) is 67.9 Å². The lowest BCUT2D eigenvalue weighted by atomic mass is 10.0. The quantitative estimate of drug-likeness (QED) is 0.391. The predicted molar refractivity (Wildman–Crippen MR) is 149 cm³/mol. The topological polar surface area (TPSA) is 12.0 Å². The monoisotopic (exact) mass is 441 g/mol. The molecule has 1 heteroatoms. The molecule has 0 spiro atoms. The van der Waals surface area contributed by atoms with E-state index >= 15 is 0 Å². The van der Waals surface area contributed by atoms with Crippen LogP contribution in [0.2, 0.25) is 0 Å². The van der Waals surface area contributed by atoms with E-state index in [4.69, 9.17) is 6.42 Å². The molecule has 0 saturated heterocycles. The van der Waals surface area contributed by atoms with E-state index in [1.54, 1.807) is 6.20 Å². The van der Waals surface area contributed by atoms with E-state index < -0.39 is 0 Å². The minimum atomic E-state index is 0.800. The predicted octanol–water partition coefficient (Wildman–Crippen LogP) is 8.49. The average Bonchev–Trinajstić information content (AvgIpc) is 2.84. The fourth-order valence-corrected chi connectivity index (χ4v) is 3.00. The number of benzene rings is 3. The average molecular weight is 442 g/mol. The van der Waals surface area contributed by atoms with Gasteiger partial charge in [0.15, 0.2) is 0 Å². The summed E-state index contributed by atoms with van der Waals surface area (Å²) in [6.07, 6.45) is 9.33. The van der Waals surface area contributed by atoms with Crippen molar-refractivity contribution in [2.75, 3.05) is 0 Å². The highest BCUT2D eigenvalue weighted by Gasteiger charge is 2.01. The van der Waals surface area contributed by atoms with E-state index in [0.29, 0.717) is 0 Å². The van der Waals surface area contributed by atoms with E-state index in [1.165, 1.54) is 33.4 Å². The smallest absolute Gasteiger partial charge is 0.0398 e. The highest BCUT2D eigenvalue weighted by molar-refractivity contribution is 5.40. The maximum atomic E-state index is 5.38. The van der Waals surface area contributed by atoms with E-state index in [2.05, 4.69) is 94.9 Å². The Hall–Kier alpha value is -3.24. The minimum Gasteiger partial charge on any atom is -0.387 e. The van der Waals surface area contributed by atoms with Gasteiger partial charge in [-0.05, 0) is 74.7 Å². The minimum absolute atomic E-state index is 0.800. The summed E-state index contributed by atoms with van der Waals surface area (Å²) in [5, 5.41) is 3.11. The van der Waals surface area contributed by atoms with Crippen LogP contribution < -0.4 is 5.32 Å². The fraction of sp³-hybridized carbons (Fsp3) is 0.312. The standard InChI is InChI=1S/C14H17N.C9H12.C7H8.C2H6/c1-4-7-13-9-8-12(5-2)10-14(13)11-15-6-3;1-7-4-5-8(2)9(3)6-7;1-7-5-3-2-4-6-7;1-2/h2,6,8-10,15H,3-4,7,11H2,1H3;4-6H,1-3H3;2-6H,1H3;1-2H3. The largest absolute Gasteiger partial charge is 0.387 e. The summed E-state index contributed by atoms with van der Waals surface area (Å²) in [5.74, 6) is 2.66. The molecule has 0 aliphatic heterocycles.